The SMILES string of the molecule is CCc1noc(Cn2cnc(C=O)c2)n1. The zero-order valence-corrected chi connectivity index (χ0v) is 8.25. The molecular weight excluding hydrogens is 196 g/mol. The van der Waals surface area contributed by atoms with Crippen molar-refractivity contribution in [1.82, 2.24) is 19.7 Å². The molecule has 0 aliphatic rings. The van der Waals surface area contributed by atoms with Gasteiger partial charge in [-0.25, -0.2) is 4.98 Å². The summed E-state index contributed by atoms with van der Waals surface area (Å²) in [5.41, 5.74) is 0.394. The quantitative estimate of drug-likeness (QED) is 0.688. The van der Waals surface area contributed by atoms with Gasteiger partial charge in [-0.15, -0.1) is 0 Å². The molecule has 15 heavy (non-hydrogen) atoms. The molecule has 0 aromatic carbocycles. The summed E-state index contributed by atoms with van der Waals surface area (Å²) in [4.78, 5) is 18.4. The monoisotopic (exact) mass is 206 g/mol. The highest BCUT2D eigenvalue weighted by Crippen LogP contribution is 2.02. The summed E-state index contributed by atoms with van der Waals surface area (Å²) in [6.07, 6.45) is 4.62. The van der Waals surface area contributed by atoms with Crippen LogP contribution in [0.4, 0.5) is 0 Å². The zero-order chi connectivity index (χ0) is 10.7. The minimum Gasteiger partial charge on any atom is -0.337 e. The van der Waals surface area contributed by atoms with Gasteiger partial charge in [-0.3, -0.25) is 4.79 Å². The smallest absolute Gasteiger partial charge is 0.246 e. The molecule has 0 aliphatic carbocycles. The van der Waals surface area contributed by atoms with E-state index in [2.05, 4.69) is 15.1 Å². The lowest BCUT2D eigenvalue weighted by molar-refractivity contribution is 0.111. The van der Waals surface area contributed by atoms with Crippen LogP contribution in [0.15, 0.2) is 17.0 Å². The van der Waals surface area contributed by atoms with Gasteiger partial charge in [0.05, 0.1) is 6.33 Å². The molecule has 6 nitrogen and oxygen atoms in total. The third-order valence-corrected chi connectivity index (χ3v) is 1.92. The van der Waals surface area contributed by atoms with Crippen molar-refractivity contribution in [3.05, 3.63) is 29.9 Å². The Hall–Kier alpha value is -1.98. The summed E-state index contributed by atoms with van der Waals surface area (Å²) < 4.78 is 6.72. The van der Waals surface area contributed by atoms with Crippen molar-refractivity contribution >= 4 is 6.29 Å². The van der Waals surface area contributed by atoms with Gasteiger partial charge in [0.1, 0.15) is 12.2 Å². The summed E-state index contributed by atoms with van der Waals surface area (Å²) in [5.74, 6) is 1.20. The number of imidazole rings is 1. The first-order chi connectivity index (χ1) is 7.31. The lowest BCUT2D eigenvalue weighted by Crippen LogP contribution is -1.96. The standard InChI is InChI=1S/C9H10N4O2/c1-2-8-11-9(15-12-8)4-13-3-7(5-14)10-6-13/h3,5-6H,2,4H2,1H3. The first-order valence-electron chi connectivity index (χ1n) is 4.60. The number of carbonyl (C=O) groups excluding carboxylic acids is 1. The van der Waals surface area contributed by atoms with Gasteiger partial charge in [0.2, 0.25) is 5.89 Å². The maximum Gasteiger partial charge on any atom is 0.246 e. The van der Waals surface area contributed by atoms with E-state index < -0.39 is 0 Å². The van der Waals surface area contributed by atoms with Crippen molar-refractivity contribution in [1.29, 1.82) is 0 Å². The van der Waals surface area contributed by atoms with Crippen LogP contribution in [0.2, 0.25) is 0 Å². The molecule has 2 aromatic heterocycles. The first-order valence-corrected chi connectivity index (χ1v) is 4.60. The number of rotatable bonds is 4. The number of carbonyl (C=O) groups is 1. The van der Waals surface area contributed by atoms with Gasteiger partial charge in [0.25, 0.3) is 0 Å². The van der Waals surface area contributed by atoms with E-state index in [9.17, 15) is 4.79 Å². The molecule has 0 bridgehead atoms. The molecule has 0 spiro atoms. The van der Waals surface area contributed by atoms with E-state index in [1.807, 2.05) is 6.92 Å². The molecule has 2 aromatic rings. The van der Waals surface area contributed by atoms with Crippen LogP contribution in [0.5, 0.6) is 0 Å². The zero-order valence-electron chi connectivity index (χ0n) is 8.25. The Balaban J connectivity index is 2.10. The second kappa shape index (κ2) is 4.04. The molecule has 2 heterocycles. The number of hydrogen-bond acceptors (Lipinski definition) is 5. The van der Waals surface area contributed by atoms with Crippen LogP contribution in [0.1, 0.15) is 29.1 Å². The van der Waals surface area contributed by atoms with Gasteiger partial charge in [0.15, 0.2) is 12.1 Å². The number of aryl methyl sites for hydroxylation is 1. The fourth-order valence-electron chi connectivity index (χ4n) is 1.18. The van der Waals surface area contributed by atoms with Crippen LogP contribution in [0.3, 0.4) is 0 Å². The highest BCUT2D eigenvalue weighted by atomic mass is 16.5. The average Bonchev–Trinajstić information content (AvgIpc) is 2.87. The highest BCUT2D eigenvalue weighted by Gasteiger charge is 2.05. The summed E-state index contributed by atoms with van der Waals surface area (Å²) in [5, 5.41) is 3.77. The molecule has 0 saturated heterocycles. The van der Waals surface area contributed by atoms with Gasteiger partial charge < -0.3 is 9.09 Å². The van der Waals surface area contributed by atoms with E-state index in [0.717, 1.165) is 6.42 Å². The first kappa shape index (κ1) is 9.57. The fraction of sp³-hybridized carbons (Fsp3) is 0.333. The largest absolute Gasteiger partial charge is 0.337 e. The van der Waals surface area contributed by atoms with E-state index in [0.29, 0.717) is 30.2 Å². The predicted octanol–water partition coefficient (Wildman–Crippen LogP) is 0.689. The molecule has 0 amide bonds. The summed E-state index contributed by atoms with van der Waals surface area (Å²) >= 11 is 0. The number of hydrogen-bond donors (Lipinski definition) is 0. The summed E-state index contributed by atoms with van der Waals surface area (Å²) in [7, 11) is 0. The lowest BCUT2D eigenvalue weighted by atomic mass is 10.5. The second-order valence-electron chi connectivity index (χ2n) is 3.05. The Bertz CT molecular complexity index is 460. The average molecular weight is 206 g/mol. The Morgan fingerprint density at radius 1 is 1.60 bits per heavy atom. The number of aromatic nitrogens is 4. The Morgan fingerprint density at radius 2 is 2.47 bits per heavy atom. The molecule has 78 valence electrons. The van der Waals surface area contributed by atoms with Gasteiger partial charge in [-0.05, 0) is 0 Å². The molecule has 0 N–H and O–H groups in total. The van der Waals surface area contributed by atoms with Gasteiger partial charge in [-0.2, -0.15) is 4.98 Å². The number of nitrogens with zero attached hydrogens (tertiary/aromatic N) is 4. The minimum atomic E-state index is 0.394. The van der Waals surface area contributed by atoms with E-state index in [1.165, 1.54) is 0 Å². The fourth-order valence-corrected chi connectivity index (χ4v) is 1.18. The lowest BCUT2D eigenvalue weighted by Gasteiger charge is -1.93. The molecule has 0 radical (unpaired) electrons. The van der Waals surface area contributed by atoms with Gasteiger partial charge in [0, 0.05) is 12.6 Å². The van der Waals surface area contributed by atoms with Crippen LogP contribution < -0.4 is 0 Å². The van der Waals surface area contributed by atoms with Crippen molar-refractivity contribution in [2.45, 2.75) is 19.9 Å². The van der Waals surface area contributed by atoms with E-state index in [1.54, 1.807) is 17.1 Å². The summed E-state index contributed by atoms with van der Waals surface area (Å²) in [6.45, 7) is 2.39. The molecule has 6 heteroatoms. The van der Waals surface area contributed by atoms with E-state index >= 15 is 0 Å². The normalized spacial score (nSPS) is 10.5. The van der Waals surface area contributed by atoms with Gasteiger partial charge in [-0.1, -0.05) is 12.1 Å². The summed E-state index contributed by atoms with van der Waals surface area (Å²) in [6, 6.07) is 0. The van der Waals surface area contributed by atoms with Crippen molar-refractivity contribution in [2.24, 2.45) is 0 Å². The molecule has 0 aliphatic heterocycles. The number of aldehydes is 1. The van der Waals surface area contributed by atoms with E-state index in [-0.39, 0.29) is 0 Å². The Morgan fingerprint density at radius 3 is 3.07 bits per heavy atom. The van der Waals surface area contributed by atoms with E-state index in [4.69, 9.17) is 4.52 Å². The molecule has 2 rings (SSSR count). The van der Waals surface area contributed by atoms with Gasteiger partial charge >= 0.3 is 0 Å². The molecule has 0 atom stereocenters. The van der Waals surface area contributed by atoms with Crippen molar-refractivity contribution in [2.75, 3.05) is 0 Å². The highest BCUT2D eigenvalue weighted by molar-refractivity contribution is 5.70. The maximum atomic E-state index is 10.4. The molecular formula is C9H10N4O2. The van der Waals surface area contributed by atoms with Crippen LogP contribution in [-0.2, 0) is 13.0 Å². The second-order valence-corrected chi connectivity index (χ2v) is 3.05. The maximum absolute atomic E-state index is 10.4. The predicted molar refractivity (Wildman–Crippen MR) is 50.4 cm³/mol. The van der Waals surface area contributed by atoms with Crippen LogP contribution in [-0.4, -0.2) is 26.0 Å². The Kier molecular flexibility index (Phi) is 2.57. The van der Waals surface area contributed by atoms with Crippen molar-refractivity contribution in [3.8, 4) is 0 Å². The molecule has 0 saturated carbocycles. The van der Waals surface area contributed by atoms with Crippen molar-refractivity contribution in [3.63, 3.8) is 0 Å². The third-order valence-electron chi connectivity index (χ3n) is 1.92. The minimum absolute atomic E-state index is 0.394. The molecule has 0 unspecified atom stereocenters. The van der Waals surface area contributed by atoms with Crippen LogP contribution >= 0.6 is 0 Å². The van der Waals surface area contributed by atoms with Crippen LogP contribution in [0, 0.1) is 0 Å². The topological polar surface area (TPSA) is 73.8 Å². The van der Waals surface area contributed by atoms with Crippen LogP contribution in [0.25, 0.3) is 0 Å². The molecule has 0 fully saturated rings. The Labute approximate surface area is 85.9 Å². The third kappa shape index (κ3) is 2.09. The van der Waals surface area contributed by atoms with Crippen molar-refractivity contribution < 1.29 is 9.32 Å².